The van der Waals surface area contributed by atoms with Gasteiger partial charge in [0.05, 0.1) is 6.04 Å². The summed E-state index contributed by atoms with van der Waals surface area (Å²) in [5, 5.41) is 6.24. The predicted molar refractivity (Wildman–Crippen MR) is 89.5 cm³/mol. The number of rotatable bonds is 3. The van der Waals surface area contributed by atoms with E-state index in [9.17, 15) is 9.59 Å². The van der Waals surface area contributed by atoms with Gasteiger partial charge in [0.1, 0.15) is 5.75 Å². The molecule has 1 aromatic rings. The van der Waals surface area contributed by atoms with Crippen molar-refractivity contribution < 1.29 is 14.3 Å². The zero-order valence-corrected chi connectivity index (χ0v) is 13.7. The highest BCUT2D eigenvalue weighted by Crippen LogP contribution is 2.16. The number of carbonyl (C=O) groups excluding carboxylic acids is 2. The number of nitrogens with one attached hydrogen (secondary N) is 2. The van der Waals surface area contributed by atoms with E-state index in [1.807, 2.05) is 18.2 Å². The molecule has 1 atom stereocenters. The maximum Gasteiger partial charge on any atom is 0.415 e. The molecule has 3 rings (SSSR count). The van der Waals surface area contributed by atoms with Crippen LogP contribution >= 0.6 is 11.8 Å². The second-order valence-corrected chi connectivity index (χ2v) is 6.75. The first kappa shape index (κ1) is 16.1. The van der Waals surface area contributed by atoms with E-state index in [-0.39, 0.29) is 24.1 Å². The van der Waals surface area contributed by atoms with E-state index in [2.05, 4.69) is 10.6 Å². The van der Waals surface area contributed by atoms with Crippen molar-refractivity contribution in [2.75, 3.05) is 24.7 Å². The van der Waals surface area contributed by atoms with Gasteiger partial charge in [-0.15, -0.1) is 11.8 Å². The Kier molecular flexibility index (Phi) is 5.40. The lowest BCUT2D eigenvalue weighted by molar-refractivity contribution is -0.123. The van der Waals surface area contributed by atoms with Gasteiger partial charge >= 0.3 is 6.09 Å². The second kappa shape index (κ2) is 7.70. The van der Waals surface area contributed by atoms with Gasteiger partial charge in [-0.1, -0.05) is 18.2 Å². The van der Waals surface area contributed by atoms with Gasteiger partial charge in [0.15, 0.2) is 0 Å². The van der Waals surface area contributed by atoms with Crippen molar-refractivity contribution in [3.63, 3.8) is 0 Å². The summed E-state index contributed by atoms with van der Waals surface area (Å²) >= 11 is 1.74. The Morgan fingerprint density at radius 1 is 1.22 bits per heavy atom. The number of hydrogen-bond acceptors (Lipinski definition) is 5. The van der Waals surface area contributed by atoms with E-state index in [1.54, 1.807) is 28.8 Å². The van der Waals surface area contributed by atoms with E-state index in [0.29, 0.717) is 18.8 Å². The molecule has 2 aliphatic heterocycles. The smallest absolute Gasteiger partial charge is 0.410 e. The molecule has 6 nitrogen and oxygen atoms in total. The number of ether oxygens (including phenoxy) is 1. The molecular formula is C16H21N3O3S. The summed E-state index contributed by atoms with van der Waals surface area (Å²) in [6.07, 6.45) is 1.19. The van der Waals surface area contributed by atoms with Crippen molar-refractivity contribution in [1.82, 2.24) is 15.5 Å². The lowest BCUT2D eigenvalue weighted by Crippen LogP contribution is -2.51. The first-order chi connectivity index (χ1) is 11.2. The summed E-state index contributed by atoms with van der Waals surface area (Å²) in [4.78, 5) is 25.9. The van der Waals surface area contributed by atoms with E-state index in [1.165, 1.54) is 0 Å². The van der Waals surface area contributed by atoms with Gasteiger partial charge in [-0.2, -0.15) is 0 Å². The van der Waals surface area contributed by atoms with Crippen LogP contribution in [0.1, 0.15) is 12.8 Å². The van der Waals surface area contributed by atoms with Gasteiger partial charge in [0.2, 0.25) is 5.91 Å². The lowest BCUT2D eigenvalue weighted by Gasteiger charge is -2.32. The first-order valence-corrected chi connectivity index (χ1v) is 9.01. The third-order valence-corrected chi connectivity index (χ3v) is 5.02. The van der Waals surface area contributed by atoms with Crippen LogP contribution in [0.25, 0.3) is 0 Å². The van der Waals surface area contributed by atoms with Crippen molar-refractivity contribution in [3.05, 3.63) is 30.3 Å². The molecule has 2 aliphatic rings. The number of carbonyl (C=O) groups is 2. The summed E-state index contributed by atoms with van der Waals surface area (Å²) in [5.41, 5.74) is 0. The maximum absolute atomic E-state index is 12.1. The van der Waals surface area contributed by atoms with Crippen LogP contribution in [0.2, 0.25) is 0 Å². The van der Waals surface area contributed by atoms with Gasteiger partial charge in [-0.25, -0.2) is 4.79 Å². The fraction of sp³-hybridized carbons (Fsp3) is 0.500. The quantitative estimate of drug-likeness (QED) is 0.874. The molecule has 7 heteroatoms. The van der Waals surface area contributed by atoms with Gasteiger partial charge in [-0.3, -0.25) is 10.1 Å². The summed E-state index contributed by atoms with van der Waals surface area (Å²) in [7, 11) is 0. The summed E-state index contributed by atoms with van der Waals surface area (Å²) < 4.78 is 5.34. The van der Waals surface area contributed by atoms with Crippen LogP contribution in [0.4, 0.5) is 4.79 Å². The van der Waals surface area contributed by atoms with Crippen LogP contribution in [0, 0.1) is 0 Å². The molecule has 0 aromatic heterocycles. The normalized spacial score (nSPS) is 21.9. The van der Waals surface area contributed by atoms with Crippen LogP contribution in [0.5, 0.6) is 5.75 Å². The van der Waals surface area contributed by atoms with E-state index in [0.717, 1.165) is 24.5 Å². The third-order valence-electron chi connectivity index (χ3n) is 4.08. The zero-order chi connectivity index (χ0) is 16.1. The van der Waals surface area contributed by atoms with Crippen molar-refractivity contribution in [3.8, 4) is 5.75 Å². The Balaban J connectivity index is 1.42. The SMILES string of the molecule is O=C(NC1CCN(C(=O)Oc2ccccc2)CC1)C1CSCN1. The van der Waals surface area contributed by atoms with E-state index >= 15 is 0 Å². The largest absolute Gasteiger partial charge is 0.415 e. The standard InChI is InChI=1S/C16H21N3O3S/c20-15(14-10-23-11-17-14)18-12-6-8-19(9-7-12)16(21)22-13-4-2-1-3-5-13/h1-5,12,14,17H,6-11H2,(H,18,20). The van der Waals surface area contributed by atoms with Crippen molar-refractivity contribution in [2.24, 2.45) is 0 Å². The number of amides is 2. The molecule has 2 saturated heterocycles. The summed E-state index contributed by atoms with van der Waals surface area (Å²) in [6.45, 7) is 1.20. The Bertz CT molecular complexity index is 541. The molecule has 124 valence electrons. The monoisotopic (exact) mass is 335 g/mol. The Morgan fingerprint density at radius 2 is 1.96 bits per heavy atom. The molecule has 1 aromatic carbocycles. The number of nitrogens with zero attached hydrogens (tertiary/aromatic N) is 1. The summed E-state index contributed by atoms with van der Waals surface area (Å²) in [5.74, 6) is 2.29. The molecule has 0 aliphatic carbocycles. The highest BCUT2D eigenvalue weighted by atomic mass is 32.2. The van der Waals surface area contributed by atoms with Gasteiger partial charge < -0.3 is 15.0 Å². The molecule has 0 bridgehead atoms. The molecule has 2 N–H and O–H groups in total. The lowest BCUT2D eigenvalue weighted by atomic mass is 10.1. The fourth-order valence-corrected chi connectivity index (χ4v) is 3.67. The van der Waals surface area contributed by atoms with Crippen LogP contribution in [-0.4, -0.2) is 53.7 Å². The average Bonchev–Trinajstić information content (AvgIpc) is 3.11. The number of hydrogen-bond donors (Lipinski definition) is 2. The minimum absolute atomic E-state index is 0.0697. The topological polar surface area (TPSA) is 70.7 Å². The Hall–Kier alpha value is -1.73. The number of likely N-dealkylation sites (tertiary alicyclic amines) is 1. The molecule has 0 saturated carbocycles. The van der Waals surface area contributed by atoms with Gasteiger partial charge in [0, 0.05) is 30.8 Å². The average molecular weight is 335 g/mol. The van der Waals surface area contributed by atoms with E-state index < -0.39 is 0 Å². The third kappa shape index (κ3) is 4.39. The van der Waals surface area contributed by atoms with Crippen molar-refractivity contribution >= 4 is 23.8 Å². The maximum atomic E-state index is 12.1. The van der Waals surface area contributed by atoms with Crippen molar-refractivity contribution in [2.45, 2.75) is 24.9 Å². The zero-order valence-electron chi connectivity index (χ0n) is 12.9. The molecule has 23 heavy (non-hydrogen) atoms. The highest BCUT2D eigenvalue weighted by molar-refractivity contribution is 7.99. The van der Waals surface area contributed by atoms with Crippen LogP contribution in [0.3, 0.4) is 0 Å². The highest BCUT2D eigenvalue weighted by Gasteiger charge is 2.28. The van der Waals surface area contributed by atoms with Gasteiger partial charge in [-0.05, 0) is 25.0 Å². The van der Waals surface area contributed by atoms with Crippen molar-refractivity contribution in [1.29, 1.82) is 0 Å². The van der Waals surface area contributed by atoms with Gasteiger partial charge in [0.25, 0.3) is 0 Å². The molecule has 1 unspecified atom stereocenters. The predicted octanol–water partition coefficient (Wildman–Crippen LogP) is 1.43. The molecule has 2 heterocycles. The molecule has 2 fully saturated rings. The van der Waals surface area contributed by atoms with Crippen LogP contribution in [0.15, 0.2) is 30.3 Å². The Labute approximate surface area is 139 Å². The molecular weight excluding hydrogens is 314 g/mol. The first-order valence-electron chi connectivity index (χ1n) is 7.85. The number of benzene rings is 1. The van der Waals surface area contributed by atoms with Crippen LogP contribution in [-0.2, 0) is 4.79 Å². The van der Waals surface area contributed by atoms with Crippen LogP contribution < -0.4 is 15.4 Å². The minimum atomic E-state index is -0.324. The number of thioether (sulfide) groups is 1. The molecule has 2 amide bonds. The Morgan fingerprint density at radius 3 is 2.61 bits per heavy atom. The minimum Gasteiger partial charge on any atom is -0.410 e. The fourth-order valence-electron chi connectivity index (χ4n) is 2.73. The number of piperidine rings is 1. The second-order valence-electron chi connectivity index (χ2n) is 5.72. The molecule has 0 radical (unpaired) electrons. The van der Waals surface area contributed by atoms with E-state index in [4.69, 9.17) is 4.74 Å². The number of para-hydroxylation sites is 1. The molecule has 0 spiro atoms. The summed E-state index contributed by atoms with van der Waals surface area (Å²) in [6, 6.07) is 9.12.